The highest BCUT2D eigenvalue weighted by molar-refractivity contribution is 6.02. The Hall–Kier alpha value is -1.97. The Balaban J connectivity index is 3.43. The van der Waals surface area contributed by atoms with Gasteiger partial charge in [0, 0.05) is 11.6 Å². The summed E-state index contributed by atoms with van der Waals surface area (Å²) in [6.45, 7) is 5.64. The highest BCUT2D eigenvalue weighted by Crippen LogP contribution is 2.30. The molecule has 18 heavy (non-hydrogen) atoms. The van der Waals surface area contributed by atoms with Gasteiger partial charge in [0.25, 0.3) is 0 Å². The van der Waals surface area contributed by atoms with E-state index >= 15 is 0 Å². The van der Waals surface area contributed by atoms with Gasteiger partial charge in [0.05, 0.1) is 19.9 Å². The Morgan fingerprint density at radius 2 is 2.00 bits per heavy atom. The van der Waals surface area contributed by atoms with Crippen LogP contribution in [-0.4, -0.2) is 27.0 Å². The predicted molar refractivity (Wildman–Crippen MR) is 72.7 cm³/mol. The number of hydrogen-bond donors (Lipinski definition) is 0. The fourth-order valence-corrected chi connectivity index (χ4v) is 1.83. The maximum atomic E-state index is 5.39. The molecule has 0 saturated carbocycles. The number of allylic oxidation sites excluding steroid dienone is 1. The van der Waals surface area contributed by atoms with Crippen molar-refractivity contribution in [2.75, 3.05) is 21.3 Å². The molecule has 0 atom stereocenters. The Kier molecular flexibility index (Phi) is 5.24. The molecule has 0 unspecified atom stereocenters. The predicted octanol–water partition coefficient (Wildman–Crippen LogP) is 2.80. The van der Waals surface area contributed by atoms with Crippen LogP contribution in [0.1, 0.15) is 18.1 Å². The SMILES string of the molecule is C=CCc1cc(OC)cc(OC)c1/C(C)=N/OC. The standard InChI is InChI=1S/C14H19NO3/c1-6-7-11-8-12(16-3)9-13(17-4)14(11)10(2)15-18-5/h6,8-9H,1,7H2,2-5H3/b15-10+. The van der Waals surface area contributed by atoms with Crippen molar-refractivity contribution in [1.82, 2.24) is 0 Å². The number of nitrogens with zero attached hydrogens (tertiary/aromatic N) is 1. The van der Waals surface area contributed by atoms with Crippen LogP contribution in [0.25, 0.3) is 0 Å². The first-order valence-electron chi connectivity index (χ1n) is 5.61. The van der Waals surface area contributed by atoms with Gasteiger partial charge in [-0.15, -0.1) is 6.58 Å². The van der Waals surface area contributed by atoms with Crippen molar-refractivity contribution in [3.05, 3.63) is 35.9 Å². The maximum absolute atomic E-state index is 5.39. The molecule has 0 bridgehead atoms. The van der Waals surface area contributed by atoms with Crippen molar-refractivity contribution in [3.63, 3.8) is 0 Å². The van der Waals surface area contributed by atoms with E-state index in [1.54, 1.807) is 14.2 Å². The Morgan fingerprint density at radius 3 is 2.50 bits per heavy atom. The zero-order valence-corrected chi connectivity index (χ0v) is 11.3. The lowest BCUT2D eigenvalue weighted by Gasteiger charge is -2.14. The molecule has 0 aliphatic carbocycles. The van der Waals surface area contributed by atoms with Crippen molar-refractivity contribution >= 4 is 5.71 Å². The fraction of sp³-hybridized carbons (Fsp3) is 0.357. The lowest BCUT2D eigenvalue weighted by atomic mass is 9.99. The number of hydrogen-bond acceptors (Lipinski definition) is 4. The molecule has 4 heteroatoms. The van der Waals surface area contributed by atoms with Gasteiger partial charge in [-0.1, -0.05) is 11.2 Å². The summed E-state index contributed by atoms with van der Waals surface area (Å²) in [6, 6.07) is 3.78. The summed E-state index contributed by atoms with van der Waals surface area (Å²) in [5.41, 5.74) is 2.72. The monoisotopic (exact) mass is 249 g/mol. The van der Waals surface area contributed by atoms with Gasteiger partial charge >= 0.3 is 0 Å². The molecule has 0 aliphatic rings. The van der Waals surface area contributed by atoms with Crippen LogP contribution in [0.5, 0.6) is 11.5 Å². The van der Waals surface area contributed by atoms with E-state index in [1.807, 2.05) is 25.1 Å². The Bertz CT molecular complexity index is 453. The zero-order valence-electron chi connectivity index (χ0n) is 11.3. The summed E-state index contributed by atoms with van der Waals surface area (Å²) in [7, 11) is 4.77. The average molecular weight is 249 g/mol. The molecule has 0 aliphatic heterocycles. The lowest BCUT2D eigenvalue weighted by molar-refractivity contribution is 0.213. The molecule has 0 heterocycles. The Labute approximate surface area is 108 Å². The van der Waals surface area contributed by atoms with E-state index in [-0.39, 0.29) is 0 Å². The second kappa shape index (κ2) is 6.69. The van der Waals surface area contributed by atoms with Crippen LogP contribution >= 0.6 is 0 Å². The van der Waals surface area contributed by atoms with Crippen LogP contribution in [0.4, 0.5) is 0 Å². The van der Waals surface area contributed by atoms with Crippen molar-refractivity contribution in [2.24, 2.45) is 5.16 Å². The number of ether oxygens (including phenoxy) is 2. The van der Waals surface area contributed by atoms with E-state index in [0.29, 0.717) is 12.2 Å². The van der Waals surface area contributed by atoms with E-state index in [9.17, 15) is 0 Å². The van der Waals surface area contributed by atoms with Crippen LogP contribution in [0.15, 0.2) is 29.9 Å². The van der Waals surface area contributed by atoms with Crippen molar-refractivity contribution < 1.29 is 14.3 Å². The number of methoxy groups -OCH3 is 2. The second-order valence-corrected chi connectivity index (χ2v) is 3.72. The first-order chi connectivity index (χ1) is 8.67. The third-order valence-electron chi connectivity index (χ3n) is 2.57. The molecule has 0 amide bonds. The average Bonchev–Trinajstić information content (AvgIpc) is 2.38. The minimum absolute atomic E-state index is 0.708. The molecule has 1 aromatic rings. The van der Waals surface area contributed by atoms with E-state index in [2.05, 4.69) is 11.7 Å². The first kappa shape index (κ1) is 14.1. The molecule has 0 spiro atoms. The third kappa shape index (κ3) is 3.03. The lowest BCUT2D eigenvalue weighted by Crippen LogP contribution is -2.05. The number of oxime groups is 1. The highest BCUT2D eigenvalue weighted by atomic mass is 16.6. The third-order valence-corrected chi connectivity index (χ3v) is 2.57. The normalized spacial score (nSPS) is 11.0. The van der Waals surface area contributed by atoms with Gasteiger partial charge in [-0.3, -0.25) is 0 Å². The second-order valence-electron chi connectivity index (χ2n) is 3.72. The van der Waals surface area contributed by atoms with Crippen LogP contribution < -0.4 is 9.47 Å². The number of rotatable bonds is 6. The van der Waals surface area contributed by atoms with Crippen LogP contribution in [0, 0.1) is 0 Å². The quantitative estimate of drug-likeness (QED) is 0.442. The van der Waals surface area contributed by atoms with E-state index in [0.717, 1.165) is 22.6 Å². The van der Waals surface area contributed by atoms with Crippen LogP contribution in [0.3, 0.4) is 0 Å². The van der Waals surface area contributed by atoms with Gasteiger partial charge in [0.2, 0.25) is 0 Å². The summed E-state index contributed by atoms with van der Waals surface area (Å²) in [4.78, 5) is 4.82. The molecule has 0 saturated heterocycles. The van der Waals surface area contributed by atoms with E-state index in [1.165, 1.54) is 7.11 Å². The summed E-state index contributed by atoms with van der Waals surface area (Å²) in [5, 5.41) is 3.96. The summed E-state index contributed by atoms with van der Waals surface area (Å²) in [5.74, 6) is 1.46. The van der Waals surface area contributed by atoms with Gasteiger partial charge < -0.3 is 14.3 Å². The molecule has 0 radical (unpaired) electrons. The maximum Gasteiger partial charge on any atom is 0.132 e. The summed E-state index contributed by atoms with van der Waals surface area (Å²) >= 11 is 0. The molecule has 0 aromatic heterocycles. The fourth-order valence-electron chi connectivity index (χ4n) is 1.83. The molecule has 1 aromatic carbocycles. The molecule has 0 N–H and O–H groups in total. The van der Waals surface area contributed by atoms with E-state index in [4.69, 9.17) is 14.3 Å². The molecule has 1 rings (SSSR count). The largest absolute Gasteiger partial charge is 0.497 e. The molecular formula is C14H19NO3. The highest BCUT2D eigenvalue weighted by Gasteiger charge is 2.14. The smallest absolute Gasteiger partial charge is 0.132 e. The minimum Gasteiger partial charge on any atom is -0.497 e. The topological polar surface area (TPSA) is 40.0 Å². The Morgan fingerprint density at radius 1 is 1.28 bits per heavy atom. The molecule has 98 valence electrons. The van der Waals surface area contributed by atoms with Crippen molar-refractivity contribution in [3.8, 4) is 11.5 Å². The van der Waals surface area contributed by atoms with Crippen molar-refractivity contribution in [2.45, 2.75) is 13.3 Å². The molecule has 4 nitrogen and oxygen atoms in total. The van der Waals surface area contributed by atoms with Gasteiger partial charge in [-0.2, -0.15) is 0 Å². The van der Waals surface area contributed by atoms with Gasteiger partial charge in [0.1, 0.15) is 18.6 Å². The summed E-state index contributed by atoms with van der Waals surface area (Å²) in [6.07, 6.45) is 2.54. The minimum atomic E-state index is 0.708. The van der Waals surface area contributed by atoms with Crippen LogP contribution in [0.2, 0.25) is 0 Å². The van der Waals surface area contributed by atoms with Crippen LogP contribution in [-0.2, 0) is 11.3 Å². The van der Waals surface area contributed by atoms with Gasteiger partial charge in [-0.25, -0.2) is 0 Å². The van der Waals surface area contributed by atoms with Gasteiger partial charge in [-0.05, 0) is 25.0 Å². The summed E-state index contributed by atoms with van der Waals surface area (Å²) < 4.78 is 10.6. The van der Waals surface area contributed by atoms with Gasteiger partial charge in [0.15, 0.2) is 0 Å². The number of benzene rings is 1. The zero-order chi connectivity index (χ0) is 13.5. The molecular weight excluding hydrogens is 230 g/mol. The van der Waals surface area contributed by atoms with E-state index < -0.39 is 0 Å². The first-order valence-corrected chi connectivity index (χ1v) is 5.61. The van der Waals surface area contributed by atoms with Crippen molar-refractivity contribution in [1.29, 1.82) is 0 Å². The molecule has 0 fully saturated rings.